The zero-order valence-electron chi connectivity index (χ0n) is 23.7. The van der Waals surface area contributed by atoms with Crippen LogP contribution < -0.4 is 15.0 Å². The number of imidazole rings is 1. The van der Waals surface area contributed by atoms with Gasteiger partial charge >= 0.3 is 0 Å². The van der Waals surface area contributed by atoms with Crippen molar-refractivity contribution in [2.24, 2.45) is 7.05 Å². The lowest BCUT2D eigenvalue weighted by Gasteiger charge is -2.32. The number of pyridine rings is 1. The number of aromatic nitrogens is 3. The molecule has 2 aliphatic rings. The molecule has 0 spiro atoms. The Labute approximate surface area is 235 Å². The molecule has 2 amide bonds. The summed E-state index contributed by atoms with van der Waals surface area (Å²) in [6.45, 7) is 8.02. The van der Waals surface area contributed by atoms with Crippen molar-refractivity contribution in [2.75, 3.05) is 31.7 Å². The van der Waals surface area contributed by atoms with E-state index < -0.39 is 0 Å². The highest BCUT2D eigenvalue weighted by Gasteiger charge is 2.39. The number of carbonyl (C=O) groups excluding carboxylic acids is 2. The number of amides is 2. The van der Waals surface area contributed by atoms with E-state index in [9.17, 15) is 9.59 Å². The van der Waals surface area contributed by atoms with Gasteiger partial charge in [0.2, 0.25) is 12.3 Å². The lowest BCUT2D eigenvalue weighted by molar-refractivity contribution is -0.125. The number of fused-ring (bicyclic) bond motifs is 1. The first-order chi connectivity index (χ1) is 19.3. The Kier molecular flexibility index (Phi) is 8.18. The van der Waals surface area contributed by atoms with Gasteiger partial charge in [-0.3, -0.25) is 19.8 Å². The van der Waals surface area contributed by atoms with Crippen LogP contribution >= 0.6 is 0 Å². The second-order valence-corrected chi connectivity index (χ2v) is 11.1. The van der Waals surface area contributed by atoms with Crippen LogP contribution in [0.2, 0.25) is 0 Å². The van der Waals surface area contributed by atoms with E-state index in [-0.39, 0.29) is 24.0 Å². The minimum Gasteiger partial charge on any atom is -0.488 e. The van der Waals surface area contributed by atoms with Crippen molar-refractivity contribution in [3.05, 3.63) is 59.4 Å². The average Bonchev–Trinajstić information content (AvgIpc) is 3.45. The summed E-state index contributed by atoms with van der Waals surface area (Å²) in [6.07, 6.45) is 4.62. The van der Waals surface area contributed by atoms with Gasteiger partial charge in [-0.2, -0.15) is 0 Å². The molecule has 1 aromatic carbocycles. The highest BCUT2D eigenvalue weighted by molar-refractivity contribution is 5.86. The molecule has 1 N–H and O–H groups in total. The van der Waals surface area contributed by atoms with Crippen LogP contribution in [0, 0.1) is 0 Å². The summed E-state index contributed by atoms with van der Waals surface area (Å²) in [7, 11) is 3.84. The van der Waals surface area contributed by atoms with Crippen molar-refractivity contribution in [1.29, 1.82) is 0 Å². The molecule has 0 bridgehead atoms. The maximum Gasteiger partial charge on any atom is 0.228 e. The highest BCUT2D eigenvalue weighted by Crippen LogP contribution is 2.39. The SMILES string of the molecule is CN(CCC(=O)NC=O)c1cnc(-c2ccc3c(n2)C(C)(C)N(Cc2ccc(OC4CCCOC4)cc2)C3)n1C. The smallest absolute Gasteiger partial charge is 0.228 e. The van der Waals surface area contributed by atoms with Crippen molar-refractivity contribution in [1.82, 2.24) is 24.8 Å². The minimum atomic E-state index is -0.310. The number of hydrogen-bond acceptors (Lipinski definition) is 8. The topological polar surface area (TPSA) is 102 Å². The van der Waals surface area contributed by atoms with Crippen molar-refractivity contribution >= 4 is 18.1 Å². The molecule has 4 heterocycles. The molecule has 1 atom stereocenters. The lowest BCUT2D eigenvalue weighted by Crippen LogP contribution is -2.35. The Morgan fingerprint density at radius 1 is 1.25 bits per heavy atom. The molecule has 1 fully saturated rings. The van der Waals surface area contributed by atoms with Crippen LogP contribution in [0.5, 0.6) is 5.75 Å². The number of imide groups is 1. The van der Waals surface area contributed by atoms with Crippen LogP contribution in [-0.4, -0.2) is 64.7 Å². The van der Waals surface area contributed by atoms with E-state index in [1.807, 2.05) is 29.6 Å². The van der Waals surface area contributed by atoms with Gasteiger partial charge in [0.05, 0.1) is 24.0 Å². The van der Waals surface area contributed by atoms with E-state index in [1.54, 1.807) is 6.20 Å². The molecule has 3 aromatic rings. The van der Waals surface area contributed by atoms with E-state index in [2.05, 4.69) is 59.4 Å². The molecule has 2 aromatic heterocycles. The zero-order chi connectivity index (χ0) is 28.3. The molecule has 212 valence electrons. The Morgan fingerprint density at radius 2 is 2.05 bits per heavy atom. The van der Waals surface area contributed by atoms with Gasteiger partial charge in [0.1, 0.15) is 23.4 Å². The molecule has 5 rings (SSSR count). The molecular formula is C30H38N6O4. The standard InChI is InChI=1S/C30H38N6O4/c1-30(2)28-22(18-36(30)17-21-7-10-23(11-8-21)40-24-6-5-15-39-19-24)9-12-25(33-28)29-31-16-27(35(29)4)34(3)14-13-26(38)32-20-37/h7-12,16,20,24H,5-6,13-15,17-19H2,1-4H3,(H,32,37,38). The molecule has 10 nitrogen and oxygen atoms in total. The molecular weight excluding hydrogens is 508 g/mol. The first-order valence-electron chi connectivity index (χ1n) is 13.8. The molecule has 10 heteroatoms. The second kappa shape index (κ2) is 11.8. The predicted molar refractivity (Wildman–Crippen MR) is 152 cm³/mol. The van der Waals surface area contributed by atoms with Gasteiger partial charge in [0.15, 0.2) is 5.82 Å². The summed E-state index contributed by atoms with van der Waals surface area (Å²) in [4.78, 5) is 36.3. The Hall–Kier alpha value is -3.76. The summed E-state index contributed by atoms with van der Waals surface area (Å²) < 4.78 is 13.6. The summed E-state index contributed by atoms with van der Waals surface area (Å²) in [5.41, 5.74) is 4.07. The number of anilines is 1. The van der Waals surface area contributed by atoms with Gasteiger partial charge in [-0.1, -0.05) is 18.2 Å². The van der Waals surface area contributed by atoms with Crippen LogP contribution in [0.15, 0.2) is 42.6 Å². The maximum absolute atomic E-state index is 11.7. The second-order valence-electron chi connectivity index (χ2n) is 11.1. The van der Waals surface area contributed by atoms with Gasteiger partial charge in [0, 0.05) is 46.8 Å². The number of hydrogen-bond donors (Lipinski definition) is 1. The Morgan fingerprint density at radius 3 is 2.77 bits per heavy atom. The Bertz CT molecular complexity index is 1350. The normalized spacial score (nSPS) is 18.2. The van der Waals surface area contributed by atoms with Crippen LogP contribution in [0.25, 0.3) is 11.5 Å². The fourth-order valence-corrected chi connectivity index (χ4v) is 5.48. The van der Waals surface area contributed by atoms with Gasteiger partial charge in [-0.15, -0.1) is 0 Å². The third-order valence-corrected chi connectivity index (χ3v) is 7.91. The van der Waals surface area contributed by atoms with E-state index >= 15 is 0 Å². The fraction of sp³-hybridized carbons (Fsp3) is 0.467. The summed E-state index contributed by atoms with van der Waals surface area (Å²) in [5.74, 6) is 2.20. The molecule has 0 saturated carbocycles. The van der Waals surface area contributed by atoms with Crippen LogP contribution in [0.1, 0.15) is 49.9 Å². The van der Waals surface area contributed by atoms with E-state index in [0.717, 1.165) is 61.3 Å². The van der Waals surface area contributed by atoms with Crippen molar-refractivity contribution in [3.8, 4) is 17.3 Å². The summed E-state index contributed by atoms with van der Waals surface area (Å²) in [5, 5.41) is 2.17. The van der Waals surface area contributed by atoms with Crippen LogP contribution in [0.4, 0.5) is 5.82 Å². The third-order valence-electron chi connectivity index (χ3n) is 7.91. The maximum atomic E-state index is 11.7. The Balaban J connectivity index is 1.26. The number of carbonyl (C=O) groups is 2. The minimum absolute atomic E-state index is 0.136. The molecule has 0 radical (unpaired) electrons. The van der Waals surface area contributed by atoms with Gasteiger partial charge in [0.25, 0.3) is 0 Å². The highest BCUT2D eigenvalue weighted by atomic mass is 16.5. The number of ether oxygens (including phenoxy) is 2. The molecule has 1 saturated heterocycles. The van der Waals surface area contributed by atoms with Gasteiger partial charge < -0.3 is 18.9 Å². The van der Waals surface area contributed by atoms with Crippen molar-refractivity contribution < 1.29 is 19.1 Å². The largest absolute Gasteiger partial charge is 0.488 e. The first kappa shape index (κ1) is 27.8. The number of rotatable bonds is 10. The van der Waals surface area contributed by atoms with Gasteiger partial charge in [-0.05, 0) is 56.0 Å². The predicted octanol–water partition coefficient (Wildman–Crippen LogP) is 3.39. The molecule has 1 unspecified atom stereocenters. The van der Waals surface area contributed by atoms with Crippen LogP contribution in [-0.2, 0) is 40.0 Å². The van der Waals surface area contributed by atoms with Crippen molar-refractivity contribution in [2.45, 2.75) is 57.8 Å². The molecule has 0 aliphatic carbocycles. The average molecular weight is 547 g/mol. The van der Waals surface area contributed by atoms with E-state index in [0.29, 0.717) is 19.6 Å². The molecule has 2 aliphatic heterocycles. The van der Waals surface area contributed by atoms with Crippen molar-refractivity contribution in [3.63, 3.8) is 0 Å². The number of nitrogens with one attached hydrogen (secondary N) is 1. The third kappa shape index (κ3) is 5.88. The quantitative estimate of drug-likeness (QED) is 0.386. The van der Waals surface area contributed by atoms with Gasteiger partial charge in [-0.25, -0.2) is 9.97 Å². The van der Waals surface area contributed by atoms with Crippen LogP contribution in [0.3, 0.4) is 0 Å². The first-order valence-corrected chi connectivity index (χ1v) is 13.8. The van der Waals surface area contributed by atoms with E-state index in [4.69, 9.17) is 14.5 Å². The zero-order valence-corrected chi connectivity index (χ0v) is 23.7. The lowest BCUT2D eigenvalue weighted by atomic mass is 9.98. The fourth-order valence-electron chi connectivity index (χ4n) is 5.48. The summed E-state index contributed by atoms with van der Waals surface area (Å²) in [6, 6.07) is 12.6. The molecule has 40 heavy (non-hydrogen) atoms. The summed E-state index contributed by atoms with van der Waals surface area (Å²) >= 11 is 0. The number of nitrogens with zero attached hydrogens (tertiary/aromatic N) is 5. The van der Waals surface area contributed by atoms with E-state index in [1.165, 1.54) is 11.1 Å². The number of benzene rings is 1. The monoisotopic (exact) mass is 546 g/mol.